The molecule has 0 aliphatic heterocycles. The van der Waals surface area contributed by atoms with Crippen LogP contribution in [0.5, 0.6) is 11.5 Å². The number of aromatic nitrogens is 1. The molecule has 1 aromatic heterocycles. The summed E-state index contributed by atoms with van der Waals surface area (Å²) in [5.41, 5.74) is 0.825. The lowest BCUT2D eigenvalue weighted by Crippen LogP contribution is -1.97. The predicted octanol–water partition coefficient (Wildman–Crippen LogP) is 3.54. The van der Waals surface area contributed by atoms with Gasteiger partial charge in [-0.2, -0.15) is 0 Å². The first-order chi connectivity index (χ1) is 12.4. The summed E-state index contributed by atoms with van der Waals surface area (Å²) in [5.74, 6) is -0.0848. The molecule has 1 heterocycles. The quantitative estimate of drug-likeness (QED) is 0.455. The number of hydrogen-bond donors (Lipinski definition) is 3. The van der Waals surface area contributed by atoms with Gasteiger partial charge in [0, 0.05) is 23.2 Å². The van der Waals surface area contributed by atoms with E-state index in [1.807, 2.05) is 0 Å². The average molecular weight is 357 g/mol. The van der Waals surface area contributed by atoms with Gasteiger partial charge >= 0.3 is 5.97 Å². The average Bonchev–Trinajstić information content (AvgIpc) is 3.07. The molecule has 134 valence electrons. The zero-order valence-electron chi connectivity index (χ0n) is 13.9. The van der Waals surface area contributed by atoms with Crippen LogP contribution in [0.3, 0.4) is 0 Å². The minimum atomic E-state index is -1.21. The van der Waals surface area contributed by atoms with Crippen molar-refractivity contribution in [3.05, 3.63) is 52.2 Å². The van der Waals surface area contributed by atoms with E-state index in [2.05, 4.69) is 10.3 Å². The van der Waals surface area contributed by atoms with Gasteiger partial charge in [0.1, 0.15) is 22.7 Å². The number of carboxylic acids is 1. The highest BCUT2D eigenvalue weighted by molar-refractivity contribution is 6.04. The first kappa shape index (κ1) is 17.1. The molecule has 26 heavy (non-hydrogen) atoms. The lowest BCUT2D eigenvalue weighted by molar-refractivity contribution is -0.383. The number of fused-ring (bicyclic) bond motifs is 1. The van der Waals surface area contributed by atoms with Crippen LogP contribution in [0.4, 0.5) is 17.1 Å². The zero-order valence-corrected chi connectivity index (χ0v) is 13.9. The number of methoxy groups -OCH3 is 2. The molecule has 3 N–H and O–H groups in total. The molecule has 0 fully saturated rings. The molecule has 0 amide bonds. The molecule has 0 spiro atoms. The molecule has 9 heteroatoms. The van der Waals surface area contributed by atoms with Crippen LogP contribution in [0.15, 0.2) is 36.4 Å². The summed E-state index contributed by atoms with van der Waals surface area (Å²) >= 11 is 0. The Morgan fingerprint density at radius 2 is 1.92 bits per heavy atom. The van der Waals surface area contributed by atoms with Crippen molar-refractivity contribution in [2.45, 2.75) is 0 Å². The highest BCUT2D eigenvalue weighted by Gasteiger charge is 2.20. The lowest BCUT2D eigenvalue weighted by Gasteiger charge is -2.13. The van der Waals surface area contributed by atoms with Crippen molar-refractivity contribution in [3.8, 4) is 11.5 Å². The fourth-order valence-electron chi connectivity index (χ4n) is 2.64. The maximum atomic E-state index is 11.2. The van der Waals surface area contributed by atoms with Gasteiger partial charge in [-0.15, -0.1) is 0 Å². The van der Waals surface area contributed by atoms with Crippen LogP contribution in [-0.4, -0.2) is 35.2 Å². The van der Waals surface area contributed by atoms with Gasteiger partial charge in [-0.05, 0) is 24.3 Å². The Morgan fingerprint density at radius 3 is 2.54 bits per heavy atom. The number of aromatic amines is 1. The minimum absolute atomic E-state index is 0.124. The van der Waals surface area contributed by atoms with Gasteiger partial charge in [-0.25, -0.2) is 4.79 Å². The number of anilines is 2. The van der Waals surface area contributed by atoms with Crippen LogP contribution in [0.25, 0.3) is 10.9 Å². The second kappa shape index (κ2) is 6.63. The highest BCUT2D eigenvalue weighted by atomic mass is 16.6. The number of H-pyrrole nitrogens is 1. The van der Waals surface area contributed by atoms with Gasteiger partial charge in [-0.1, -0.05) is 0 Å². The molecule has 0 atom stereocenters. The van der Waals surface area contributed by atoms with Crippen LogP contribution in [0, 0.1) is 10.1 Å². The third-order valence-electron chi connectivity index (χ3n) is 3.87. The Balaban J connectivity index is 2.16. The number of carboxylic acid groups (broad SMARTS) is 1. The zero-order chi connectivity index (χ0) is 18.8. The number of nitro groups is 1. The largest absolute Gasteiger partial charge is 0.497 e. The van der Waals surface area contributed by atoms with Crippen molar-refractivity contribution in [3.63, 3.8) is 0 Å². The van der Waals surface area contributed by atoms with Gasteiger partial charge in [-0.3, -0.25) is 10.1 Å². The number of non-ortho nitro benzene ring substituents is 1. The number of nitrogens with zero attached hydrogens (tertiary/aromatic N) is 1. The van der Waals surface area contributed by atoms with Crippen LogP contribution >= 0.6 is 0 Å². The minimum Gasteiger partial charge on any atom is -0.497 e. The van der Waals surface area contributed by atoms with E-state index in [0.717, 1.165) is 0 Å². The molecule has 0 bridgehead atoms. The predicted molar refractivity (Wildman–Crippen MR) is 94.7 cm³/mol. The maximum Gasteiger partial charge on any atom is 0.352 e. The first-order valence-electron chi connectivity index (χ1n) is 7.47. The lowest BCUT2D eigenvalue weighted by atomic mass is 10.1. The van der Waals surface area contributed by atoms with E-state index in [1.54, 1.807) is 18.2 Å². The summed E-state index contributed by atoms with van der Waals surface area (Å²) in [7, 11) is 3.04. The number of nitro benzene ring substituents is 1. The van der Waals surface area contributed by atoms with Crippen molar-refractivity contribution in [1.82, 2.24) is 4.98 Å². The molecule has 0 aliphatic carbocycles. The molecular formula is C17H15N3O6. The molecule has 0 aliphatic rings. The third-order valence-corrected chi connectivity index (χ3v) is 3.87. The van der Waals surface area contributed by atoms with E-state index in [0.29, 0.717) is 28.3 Å². The number of nitrogens with one attached hydrogen (secondary N) is 2. The number of aromatic carboxylic acids is 1. The fraction of sp³-hybridized carbons (Fsp3) is 0.118. The van der Waals surface area contributed by atoms with Crippen LogP contribution in [0.2, 0.25) is 0 Å². The Morgan fingerprint density at radius 1 is 1.15 bits per heavy atom. The molecule has 0 saturated carbocycles. The number of carbonyl (C=O) groups is 1. The summed E-state index contributed by atoms with van der Waals surface area (Å²) in [6.07, 6.45) is 0. The van der Waals surface area contributed by atoms with E-state index in [-0.39, 0.29) is 16.9 Å². The van der Waals surface area contributed by atoms with Crippen molar-refractivity contribution >= 4 is 33.9 Å². The van der Waals surface area contributed by atoms with Gasteiger partial charge in [0.25, 0.3) is 5.69 Å². The second-order valence-electron chi connectivity index (χ2n) is 5.36. The van der Waals surface area contributed by atoms with Gasteiger partial charge in [0.15, 0.2) is 0 Å². The molecule has 9 nitrogen and oxygen atoms in total. The smallest absolute Gasteiger partial charge is 0.352 e. The van der Waals surface area contributed by atoms with E-state index >= 15 is 0 Å². The molecule has 0 unspecified atom stereocenters. The van der Waals surface area contributed by atoms with Gasteiger partial charge in [0.05, 0.1) is 24.8 Å². The summed E-state index contributed by atoms with van der Waals surface area (Å²) < 4.78 is 10.5. The molecular weight excluding hydrogens is 342 g/mol. The van der Waals surface area contributed by atoms with E-state index in [1.165, 1.54) is 32.4 Å². The summed E-state index contributed by atoms with van der Waals surface area (Å²) in [4.78, 5) is 24.5. The Bertz CT molecular complexity index is 1010. The van der Waals surface area contributed by atoms with Crippen LogP contribution in [-0.2, 0) is 0 Å². The van der Waals surface area contributed by atoms with E-state index < -0.39 is 10.9 Å². The normalized spacial score (nSPS) is 10.5. The second-order valence-corrected chi connectivity index (χ2v) is 5.36. The third kappa shape index (κ3) is 2.97. The van der Waals surface area contributed by atoms with Crippen molar-refractivity contribution < 1.29 is 24.3 Å². The highest BCUT2D eigenvalue weighted by Crippen LogP contribution is 2.37. The SMILES string of the molecule is COc1ccc(OC)c(Nc2ccc([N+](=O)[O-])c3[nH]c(C(=O)O)cc23)c1. The van der Waals surface area contributed by atoms with E-state index in [4.69, 9.17) is 9.47 Å². The van der Waals surface area contributed by atoms with Crippen LogP contribution in [0.1, 0.15) is 10.5 Å². The Kier molecular flexibility index (Phi) is 4.36. The van der Waals surface area contributed by atoms with Crippen molar-refractivity contribution in [2.24, 2.45) is 0 Å². The first-order valence-corrected chi connectivity index (χ1v) is 7.47. The number of benzene rings is 2. The topological polar surface area (TPSA) is 127 Å². The molecule has 0 radical (unpaired) electrons. The van der Waals surface area contributed by atoms with Crippen LogP contribution < -0.4 is 14.8 Å². The monoisotopic (exact) mass is 357 g/mol. The summed E-state index contributed by atoms with van der Waals surface area (Å²) in [6, 6.07) is 9.31. The maximum absolute atomic E-state index is 11.2. The standard InChI is InChI=1S/C17H15N3O6/c1-25-9-3-6-15(26-2)12(7-9)18-11-4-5-14(20(23)24)16-10(11)8-13(19-16)17(21)22/h3-8,18-19H,1-2H3,(H,21,22). The van der Waals surface area contributed by atoms with Gasteiger partial charge < -0.3 is 24.9 Å². The number of rotatable bonds is 6. The number of ether oxygens (including phenoxy) is 2. The summed E-state index contributed by atoms with van der Waals surface area (Å²) in [5, 5.41) is 23.9. The molecule has 2 aromatic carbocycles. The fourth-order valence-corrected chi connectivity index (χ4v) is 2.64. The molecule has 3 aromatic rings. The number of hydrogen-bond acceptors (Lipinski definition) is 6. The Labute approximate surface area is 147 Å². The van der Waals surface area contributed by atoms with E-state index in [9.17, 15) is 20.0 Å². The van der Waals surface area contributed by atoms with Gasteiger partial charge in [0.2, 0.25) is 0 Å². The summed E-state index contributed by atoms with van der Waals surface area (Å²) in [6.45, 7) is 0. The van der Waals surface area contributed by atoms with Crippen molar-refractivity contribution in [1.29, 1.82) is 0 Å². The molecule has 0 saturated heterocycles. The molecule has 3 rings (SSSR count). The Hall–Kier alpha value is -3.75. The van der Waals surface area contributed by atoms with Crippen molar-refractivity contribution in [2.75, 3.05) is 19.5 Å².